The van der Waals surface area contributed by atoms with Gasteiger partial charge in [-0.1, -0.05) is 231 Å². The highest BCUT2D eigenvalue weighted by Gasteiger charge is 2.32. The first-order valence-electron chi connectivity index (χ1n) is 40.9. The molecule has 0 heterocycles. The second kappa shape index (κ2) is 37.5. The third-order valence-corrected chi connectivity index (χ3v) is 26.2. The van der Waals surface area contributed by atoms with E-state index in [-0.39, 0.29) is 0 Å². The van der Waals surface area contributed by atoms with E-state index < -0.39 is 0 Å². The van der Waals surface area contributed by atoms with Crippen LogP contribution in [0.25, 0.3) is 0 Å². The molecule has 0 spiro atoms. The molecule has 0 heteroatoms. The van der Waals surface area contributed by atoms with Gasteiger partial charge in [-0.3, -0.25) is 0 Å². The summed E-state index contributed by atoms with van der Waals surface area (Å²) in [5.41, 5.74) is 21.1. The van der Waals surface area contributed by atoms with Gasteiger partial charge in [-0.25, -0.2) is 0 Å². The molecule has 1 saturated carbocycles. The molecular weight excluding hydrogens is 1150 g/mol. The van der Waals surface area contributed by atoms with E-state index in [0.29, 0.717) is 0 Å². The van der Waals surface area contributed by atoms with Crippen LogP contribution in [-0.2, 0) is 0 Å². The molecule has 1 fully saturated rings. The standard InChI is InChI=1S/8C12H18/c8*1-9-3-5-12-8-10(2)4-6-11(12)7-9/h3,8,11-12H,4-7H2,1-2H3;3,8,10-11H,4-7H2,1-2H3;3,7,10,12H,4-6,8H2,1-2H3;3,6,10,12H,4-5,7-8H2,1-2H3;3,5,8-9,11-12H,4,6-7H2,1-2H3;3,5,8-11H,4,6-7H2,1-2H3;3-4,11-12H,5-8H2,1-2H3;3-5,9,11-12H,6-8H2,1-2H3. The molecule has 0 saturated heterocycles. The topological polar surface area (TPSA) is 0 Å². The average molecular weight is 1300 g/mol. The Morgan fingerprint density at radius 1 is 0.302 bits per heavy atom. The van der Waals surface area contributed by atoms with Crippen molar-refractivity contribution in [2.75, 3.05) is 0 Å². The van der Waals surface area contributed by atoms with Crippen LogP contribution in [0.4, 0.5) is 0 Å². The molecule has 0 N–H and O–H groups in total. The summed E-state index contributed by atoms with van der Waals surface area (Å²) in [4.78, 5) is 0. The van der Waals surface area contributed by atoms with E-state index in [1.165, 1.54) is 192 Å². The van der Waals surface area contributed by atoms with Gasteiger partial charge in [0.2, 0.25) is 0 Å². The Balaban J connectivity index is 0.000000129. The lowest BCUT2D eigenvalue weighted by Gasteiger charge is -2.33. The van der Waals surface area contributed by atoms with Crippen LogP contribution in [0, 0.1) is 112 Å². The van der Waals surface area contributed by atoms with Gasteiger partial charge in [-0.05, 0) is 367 Å². The molecule has 19 unspecified atom stereocenters. The van der Waals surface area contributed by atoms with Crippen LogP contribution in [0.1, 0.15) is 297 Å². The summed E-state index contributed by atoms with van der Waals surface area (Å²) >= 11 is 0. The fourth-order valence-corrected chi connectivity index (χ4v) is 20.0. The van der Waals surface area contributed by atoms with Gasteiger partial charge in [0.15, 0.2) is 0 Å². The quantitative estimate of drug-likeness (QED) is 0.212. The molecule has 16 aliphatic carbocycles. The second-order valence-corrected chi connectivity index (χ2v) is 35.9. The molecule has 0 bridgehead atoms. The summed E-state index contributed by atoms with van der Waals surface area (Å²) in [6, 6.07) is 0. The molecule has 0 aliphatic heterocycles. The smallest absolute Gasteiger partial charge is 0.00222 e. The fraction of sp³-hybridized carbons (Fsp3) is 0.667. The maximum Gasteiger partial charge on any atom is -0.00222 e. The molecule has 16 rings (SSSR count). The first-order chi connectivity index (χ1) is 46.0. The number of hydrogen-bond acceptors (Lipinski definition) is 0. The highest BCUT2D eigenvalue weighted by molar-refractivity contribution is 5.31. The van der Waals surface area contributed by atoms with Gasteiger partial charge in [0.1, 0.15) is 0 Å². The van der Waals surface area contributed by atoms with Crippen molar-refractivity contribution < 1.29 is 0 Å². The molecule has 19 atom stereocenters. The summed E-state index contributed by atoms with van der Waals surface area (Å²) in [6.45, 7) is 36.8. The predicted molar refractivity (Wildman–Crippen MR) is 423 cm³/mol. The van der Waals surface area contributed by atoms with Gasteiger partial charge in [0, 0.05) is 0 Å². The Labute approximate surface area is 593 Å². The van der Waals surface area contributed by atoms with Crippen molar-refractivity contribution >= 4 is 0 Å². The second-order valence-electron chi connectivity index (χ2n) is 35.9. The van der Waals surface area contributed by atoms with Crippen LogP contribution >= 0.6 is 0 Å². The van der Waals surface area contributed by atoms with Crippen molar-refractivity contribution in [3.63, 3.8) is 0 Å². The van der Waals surface area contributed by atoms with Crippen molar-refractivity contribution in [2.45, 2.75) is 297 Å². The summed E-state index contributed by atoms with van der Waals surface area (Å²) in [7, 11) is 0. The third kappa shape index (κ3) is 24.0. The maximum atomic E-state index is 2.51. The van der Waals surface area contributed by atoms with Crippen molar-refractivity contribution in [1.82, 2.24) is 0 Å². The zero-order valence-corrected chi connectivity index (χ0v) is 64.9. The summed E-state index contributed by atoms with van der Waals surface area (Å²) < 4.78 is 0. The van der Waals surface area contributed by atoms with Crippen LogP contribution in [0.2, 0.25) is 0 Å². The van der Waals surface area contributed by atoms with Crippen LogP contribution in [0.15, 0.2) is 188 Å². The average Bonchev–Trinajstić information content (AvgIpc) is 1.26. The molecule has 0 nitrogen and oxygen atoms in total. The van der Waals surface area contributed by atoms with E-state index in [4.69, 9.17) is 0 Å². The van der Waals surface area contributed by atoms with Crippen LogP contribution in [0.3, 0.4) is 0 Å². The van der Waals surface area contributed by atoms with E-state index in [2.05, 4.69) is 226 Å². The molecule has 528 valence electrons. The van der Waals surface area contributed by atoms with Crippen LogP contribution in [-0.4, -0.2) is 0 Å². The predicted octanol–water partition coefficient (Wildman–Crippen LogP) is 29.2. The summed E-state index contributed by atoms with van der Waals surface area (Å²) in [5, 5.41) is 0. The van der Waals surface area contributed by atoms with E-state index in [1.807, 2.05) is 0 Å². The minimum Gasteiger partial charge on any atom is -0.0854 e. The molecule has 0 amide bonds. The Morgan fingerprint density at radius 3 is 1.59 bits per heavy atom. The Morgan fingerprint density at radius 2 is 0.865 bits per heavy atom. The van der Waals surface area contributed by atoms with Gasteiger partial charge in [0.05, 0.1) is 0 Å². The fourth-order valence-electron chi connectivity index (χ4n) is 20.0. The molecule has 0 aromatic heterocycles. The van der Waals surface area contributed by atoms with Gasteiger partial charge in [0.25, 0.3) is 0 Å². The molecular formula is C96H144. The van der Waals surface area contributed by atoms with E-state index in [9.17, 15) is 0 Å². The van der Waals surface area contributed by atoms with Gasteiger partial charge in [-0.2, -0.15) is 0 Å². The zero-order chi connectivity index (χ0) is 68.4. The van der Waals surface area contributed by atoms with Crippen molar-refractivity contribution in [3.8, 4) is 0 Å². The SMILES string of the molecule is CC1=CC2C=CC(C)CC2CC1.CC1=CC2CC=C(C)CC2CC1.CC1=CCC2=CC(C)CCC2C1.CC1=CCC2CC(C)=CCC2C1.CC1=CCC2CC(C)C=CC2C1.CC1=CCC2CC(C)CC=C2C1.CC1=CCC2CC(C)CCC2=C1.CC1C=C2C=CC(C)CC2CC1. The molecule has 16 aliphatic rings. The van der Waals surface area contributed by atoms with Crippen LogP contribution in [0.5, 0.6) is 0 Å². The summed E-state index contributed by atoms with van der Waals surface area (Å²) in [5.74, 6) is 16.9. The molecule has 96 heavy (non-hydrogen) atoms. The third-order valence-electron chi connectivity index (χ3n) is 26.2. The number of hydrogen-bond donors (Lipinski definition) is 0. The van der Waals surface area contributed by atoms with Gasteiger partial charge >= 0.3 is 0 Å². The van der Waals surface area contributed by atoms with Gasteiger partial charge < -0.3 is 0 Å². The number of allylic oxidation sites excluding steroid dienone is 32. The maximum absolute atomic E-state index is 2.51. The van der Waals surface area contributed by atoms with Crippen molar-refractivity contribution in [2.24, 2.45) is 112 Å². The minimum absolute atomic E-state index is 0.773. The molecule has 0 aromatic carbocycles. The lowest BCUT2D eigenvalue weighted by Crippen LogP contribution is -2.22. The Hall–Kier alpha value is -4.16. The molecule has 0 radical (unpaired) electrons. The highest BCUT2D eigenvalue weighted by atomic mass is 14.4. The first kappa shape index (κ1) is 76.0. The van der Waals surface area contributed by atoms with E-state index in [1.54, 1.807) is 66.9 Å². The van der Waals surface area contributed by atoms with Crippen molar-refractivity contribution in [1.29, 1.82) is 0 Å². The van der Waals surface area contributed by atoms with E-state index in [0.717, 1.165) is 112 Å². The normalized spacial score (nSPS) is 37.2. The zero-order valence-electron chi connectivity index (χ0n) is 64.9. The summed E-state index contributed by atoms with van der Waals surface area (Å²) in [6.07, 6.45) is 85.7. The Kier molecular flexibility index (Phi) is 29.7. The largest absolute Gasteiger partial charge is 0.0854 e. The molecule has 0 aromatic rings. The van der Waals surface area contributed by atoms with E-state index >= 15 is 0 Å². The Bertz CT molecular complexity index is 3030. The minimum atomic E-state index is 0.773. The lowest BCUT2D eigenvalue weighted by molar-refractivity contribution is 0.300. The number of rotatable bonds is 0. The first-order valence-corrected chi connectivity index (χ1v) is 40.9. The highest BCUT2D eigenvalue weighted by Crippen LogP contribution is 2.45. The lowest BCUT2D eigenvalue weighted by atomic mass is 9.72. The number of fused-ring (bicyclic) bond motifs is 8. The van der Waals surface area contributed by atoms with Crippen molar-refractivity contribution in [3.05, 3.63) is 188 Å². The van der Waals surface area contributed by atoms with Crippen LogP contribution < -0.4 is 0 Å². The van der Waals surface area contributed by atoms with Gasteiger partial charge in [-0.15, -0.1) is 0 Å². The monoisotopic (exact) mass is 1300 g/mol.